The first-order chi connectivity index (χ1) is 5.53. The fourth-order valence-corrected chi connectivity index (χ4v) is 2.16. The van der Waals surface area contributed by atoms with Crippen molar-refractivity contribution >= 4 is 27.3 Å². The molecule has 0 unspecified atom stereocenters. The largest absolute Gasteiger partial charge is 0.378 e. The van der Waals surface area contributed by atoms with Gasteiger partial charge in [-0.3, -0.25) is 0 Å². The molecule has 0 saturated heterocycles. The maximum atomic E-state index is 5.27. The molecule has 0 atom stereocenters. The molecule has 1 aromatic rings. The molecule has 0 N–H and O–H groups in total. The van der Waals surface area contributed by atoms with Crippen LogP contribution in [0.25, 0.3) is 0 Å². The van der Waals surface area contributed by atoms with E-state index in [2.05, 4.69) is 26.1 Å². The molecule has 0 spiro atoms. The summed E-state index contributed by atoms with van der Waals surface area (Å²) in [6.07, 6.45) is 0.798. The van der Waals surface area contributed by atoms with E-state index in [0.29, 0.717) is 0 Å². The van der Waals surface area contributed by atoms with Crippen molar-refractivity contribution < 1.29 is 4.74 Å². The zero-order valence-electron chi connectivity index (χ0n) is 7.30. The Morgan fingerprint density at radius 1 is 1.50 bits per heavy atom. The Hall–Kier alpha value is -0.0000000000000000833. The Morgan fingerprint density at radius 3 is 2.58 bits per heavy atom. The minimum Gasteiger partial charge on any atom is -0.378 e. The maximum absolute atomic E-state index is 5.27. The van der Waals surface area contributed by atoms with Gasteiger partial charge in [0.1, 0.15) is 5.01 Å². The van der Waals surface area contributed by atoms with Crippen LogP contribution < -0.4 is 0 Å². The Balaban J connectivity index is 2.63. The average molecular weight is 251 g/mol. The monoisotopic (exact) mass is 250 g/mol. The lowest BCUT2D eigenvalue weighted by molar-refractivity contribution is 0.0230. The van der Waals surface area contributed by atoms with Crippen LogP contribution in [0.4, 0.5) is 0 Å². The molecule has 1 heterocycles. The molecule has 12 heavy (non-hydrogen) atoms. The first-order valence-electron chi connectivity index (χ1n) is 3.56. The second kappa shape index (κ2) is 3.81. The van der Waals surface area contributed by atoms with E-state index >= 15 is 0 Å². The first-order valence-corrected chi connectivity index (χ1v) is 5.17. The summed E-state index contributed by atoms with van der Waals surface area (Å²) in [5.74, 6) is 0. The van der Waals surface area contributed by atoms with Crippen molar-refractivity contribution in [1.82, 2.24) is 10.2 Å². The van der Waals surface area contributed by atoms with Gasteiger partial charge in [0.05, 0.1) is 5.60 Å². The molecule has 68 valence electrons. The van der Waals surface area contributed by atoms with Crippen LogP contribution >= 0.6 is 27.3 Å². The number of halogens is 1. The second-order valence-electron chi connectivity index (χ2n) is 3.09. The van der Waals surface area contributed by atoms with Gasteiger partial charge in [-0.05, 0) is 29.8 Å². The first kappa shape index (κ1) is 10.1. The molecular weight excluding hydrogens is 240 g/mol. The van der Waals surface area contributed by atoms with Gasteiger partial charge >= 0.3 is 0 Å². The second-order valence-corrected chi connectivity index (χ2v) is 5.43. The van der Waals surface area contributed by atoms with E-state index in [9.17, 15) is 0 Å². The van der Waals surface area contributed by atoms with Crippen LogP contribution in [0.2, 0.25) is 0 Å². The average Bonchev–Trinajstić information content (AvgIpc) is 2.35. The summed E-state index contributed by atoms with van der Waals surface area (Å²) in [6, 6.07) is 0. The summed E-state index contributed by atoms with van der Waals surface area (Å²) in [4.78, 5) is 0. The van der Waals surface area contributed by atoms with Crippen LogP contribution in [0, 0.1) is 0 Å². The van der Waals surface area contributed by atoms with Crippen molar-refractivity contribution in [3.8, 4) is 0 Å². The van der Waals surface area contributed by atoms with Gasteiger partial charge in [0.25, 0.3) is 0 Å². The lowest BCUT2D eigenvalue weighted by Gasteiger charge is -2.20. The minimum atomic E-state index is -0.154. The van der Waals surface area contributed by atoms with Crippen molar-refractivity contribution in [3.05, 3.63) is 8.92 Å². The number of ether oxygens (including phenoxy) is 1. The van der Waals surface area contributed by atoms with Crippen molar-refractivity contribution in [1.29, 1.82) is 0 Å². The van der Waals surface area contributed by atoms with Crippen molar-refractivity contribution in [2.75, 3.05) is 7.11 Å². The third kappa shape index (κ3) is 2.80. The molecule has 0 radical (unpaired) electrons. The maximum Gasteiger partial charge on any atom is 0.183 e. The van der Waals surface area contributed by atoms with E-state index in [1.54, 1.807) is 18.4 Å². The highest BCUT2D eigenvalue weighted by Crippen LogP contribution is 2.21. The fraction of sp³-hybridized carbons (Fsp3) is 0.714. The molecule has 3 nitrogen and oxygen atoms in total. The van der Waals surface area contributed by atoms with Gasteiger partial charge in [-0.1, -0.05) is 11.3 Å². The number of rotatable bonds is 3. The van der Waals surface area contributed by atoms with Gasteiger partial charge < -0.3 is 4.74 Å². The van der Waals surface area contributed by atoms with E-state index in [1.807, 2.05) is 13.8 Å². The zero-order chi connectivity index (χ0) is 9.19. The van der Waals surface area contributed by atoms with E-state index in [-0.39, 0.29) is 5.60 Å². The van der Waals surface area contributed by atoms with Gasteiger partial charge in [0, 0.05) is 13.5 Å². The van der Waals surface area contributed by atoms with Gasteiger partial charge in [0.2, 0.25) is 0 Å². The molecule has 0 aliphatic carbocycles. The quantitative estimate of drug-likeness (QED) is 0.826. The third-order valence-corrected chi connectivity index (χ3v) is 2.93. The third-order valence-electron chi connectivity index (χ3n) is 1.57. The summed E-state index contributed by atoms with van der Waals surface area (Å²) in [5, 5.41) is 8.85. The standard InChI is InChI=1S/C7H11BrN2OS/c1-7(2,11-3)4-5-9-10-6(8)12-5/h4H2,1-3H3. The molecule has 0 aliphatic heterocycles. The highest BCUT2D eigenvalue weighted by Gasteiger charge is 2.19. The lowest BCUT2D eigenvalue weighted by Crippen LogP contribution is -2.25. The van der Waals surface area contributed by atoms with Crippen LogP contribution in [0.5, 0.6) is 0 Å². The summed E-state index contributed by atoms with van der Waals surface area (Å²) in [6.45, 7) is 4.06. The summed E-state index contributed by atoms with van der Waals surface area (Å²) < 4.78 is 6.10. The van der Waals surface area contributed by atoms with Crippen LogP contribution in [-0.2, 0) is 11.2 Å². The summed E-state index contributed by atoms with van der Waals surface area (Å²) >= 11 is 4.81. The van der Waals surface area contributed by atoms with Gasteiger partial charge in [0.15, 0.2) is 3.92 Å². The van der Waals surface area contributed by atoms with E-state index in [1.165, 1.54) is 0 Å². The van der Waals surface area contributed by atoms with Crippen LogP contribution in [0.1, 0.15) is 18.9 Å². The van der Waals surface area contributed by atoms with E-state index in [4.69, 9.17) is 4.74 Å². The molecule has 5 heteroatoms. The SMILES string of the molecule is COC(C)(C)Cc1nnc(Br)s1. The van der Waals surface area contributed by atoms with Crippen molar-refractivity contribution in [2.45, 2.75) is 25.9 Å². The number of hydrogen-bond donors (Lipinski definition) is 0. The molecule has 0 aromatic carbocycles. The molecule has 1 rings (SSSR count). The molecule has 0 bridgehead atoms. The van der Waals surface area contributed by atoms with Crippen molar-refractivity contribution in [3.63, 3.8) is 0 Å². The number of methoxy groups -OCH3 is 1. The molecule has 1 aromatic heterocycles. The predicted molar refractivity (Wildman–Crippen MR) is 52.4 cm³/mol. The Morgan fingerprint density at radius 2 is 2.17 bits per heavy atom. The molecular formula is C7H11BrN2OS. The normalized spacial score (nSPS) is 12.0. The highest BCUT2D eigenvalue weighted by molar-refractivity contribution is 9.11. The zero-order valence-corrected chi connectivity index (χ0v) is 9.70. The summed E-state index contributed by atoms with van der Waals surface area (Å²) in [5.41, 5.74) is -0.154. The van der Waals surface area contributed by atoms with Crippen LogP contribution in [0.15, 0.2) is 3.92 Å². The Labute approximate surface area is 84.3 Å². The lowest BCUT2D eigenvalue weighted by atomic mass is 10.1. The highest BCUT2D eigenvalue weighted by atomic mass is 79.9. The predicted octanol–water partition coefficient (Wildman–Crippen LogP) is 2.27. The molecule has 0 fully saturated rings. The molecule has 0 saturated carbocycles. The Kier molecular flexibility index (Phi) is 3.20. The summed E-state index contributed by atoms with van der Waals surface area (Å²) in [7, 11) is 1.70. The molecule has 0 amide bonds. The molecule has 0 aliphatic rings. The van der Waals surface area contributed by atoms with Crippen LogP contribution in [0.3, 0.4) is 0 Å². The van der Waals surface area contributed by atoms with Crippen molar-refractivity contribution in [2.24, 2.45) is 0 Å². The van der Waals surface area contributed by atoms with Crippen LogP contribution in [-0.4, -0.2) is 22.9 Å². The Bertz CT molecular complexity index is 262. The minimum absolute atomic E-state index is 0.154. The topological polar surface area (TPSA) is 35.0 Å². The fourth-order valence-electron chi connectivity index (χ4n) is 0.741. The van der Waals surface area contributed by atoms with Gasteiger partial charge in [-0.2, -0.15) is 0 Å². The van der Waals surface area contributed by atoms with E-state index in [0.717, 1.165) is 15.3 Å². The number of hydrogen-bond acceptors (Lipinski definition) is 4. The van der Waals surface area contributed by atoms with Gasteiger partial charge in [-0.25, -0.2) is 0 Å². The number of nitrogens with zero attached hydrogens (tertiary/aromatic N) is 2. The van der Waals surface area contributed by atoms with E-state index < -0.39 is 0 Å². The number of aromatic nitrogens is 2. The van der Waals surface area contributed by atoms with Gasteiger partial charge in [-0.15, -0.1) is 10.2 Å². The smallest absolute Gasteiger partial charge is 0.183 e.